The van der Waals surface area contributed by atoms with E-state index in [2.05, 4.69) is 47.7 Å². The topological polar surface area (TPSA) is 163 Å². The molecule has 1 unspecified atom stereocenters. The summed E-state index contributed by atoms with van der Waals surface area (Å²) in [5.41, 5.74) is 0.499. The van der Waals surface area contributed by atoms with E-state index in [1.54, 1.807) is 26.0 Å². The number of benzene rings is 2. The van der Waals surface area contributed by atoms with Crippen molar-refractivity contribution < 1.29 is 53.0 Å². The minimum Gasteiger partial charge on any atom is -0.497 e. The number of thioether (sulfide) groups is 1. The quantitative estimate of drug-likeness (QED) is 0.125. The van der Waals surface area contributed by atoms with Gasteiger partial charge in [0.15, 0.2) is 29.4 Å². The second-order valence-electron chi connectivity index (χ2n) is 18.1. The number of fused-ring (bicyclic) bond motifs is 4. The van der Waals surface area contributed by atoms with E-state index in [-0.39, 0.29) is 43.5 Å². The van der Waals surface area contributed by atoms with E-state index in [0.29, 0.717) is 35.9 Å². The van der Waals surface area contributed by atoms with Gasteiger partial charge in [-0.05, 0) is 135 Å². The van der Waals surface area contributed by atoms with Crippen LogP contribution in [0.15, 0.2) is 65.4 Å². The Morgan fingerprint density at radius 1 is 1.00 bits per heavy atom. The molecule has 0 radical (unpaired) electrons. The Balaban J connectivity index is 1.07. The summed E-state index contributed by atoms with van der Waals surface area (Å²) >= 11 is 1.88. The van der Waals surface area contributed by atoms with Gasteiger partial charge in [-0.15, -0.1) is 11.8 Å². The number of rotatable bonds is 11. The van der Waals surface area contributed by atoms with E-state index < -0.39 is 59.3 Å². The van der Waals surface area contributed by atoms with Gasteiger partial charge in [-0.1, -0.05) is 19.8 Å². The summed E-state index contributed by atoms with van der Waals surface area (Å²) in [7, 11) is 2.67. The molecule has 14 heteroatoms. The third kappa shape index (κ3) is 8.52. The van der Waals surface area contributed by atoms with Gasteiger partial charge in [0, 0.05) is 29.6 Å². The molecule has 0 bridgehead atoms. The molecule has 328 valence electrons. The SMILES string of the molecule is COC(=O)C[C@](O)(CCCC(C)(C)O)C(=O)O[C@@H]1C(OC)=C[C@]23CCCN2C(OC(=O)c2ccc(C#Cc4ccc5c(c4)C(C)(C)CCS5)nc2)Cc2cc4c(cc2[C@H]13)OCO4. The first-order chi connectivity index (χ1) is 29.5. The van der Waals surface area contributed by atoms with Crippen molar-refractivity contribution >= 4 is 29.7 Å². The van der Waals surface area contributed by atoms with Crippen LogP contribution in [0.2, 0.25) is 0 Å². The van der Waals surface area contributed by atoms with E-state index in [0.717, 1.165) is 35.3 Å². The first-order valence-electron chi connectivity index (χ1n) is 21.2. The number of carbonyl (C=O) groups is 3. The van der Waals surface area contributed by atoms with E-state index in [1.165, 1.54) is 30.9 Å². The molecule has 1 spiro atoms. The lowest BCUT2D eigenvalue weighted by Crippen LogP contribution is -2.53. The van der Waals surface area contributed by atoms with E-state index >= 15 is 0 Å². The highest BCUT2D eigenvalue weighted by molar-refractivity contribution is 7.99. The summed E-state index contributed by atoms with van der Waals surface area (Å²) < 4.78 is 35.2. The molecule has 1 aromatic heterocycles. The minimum absolute atomic E-state index is 0.0296. The van der Waals surface area contributed by atoms with Crippen LogP contribution in [0.3, 0.4) is 0 Å². The van der Waals surface area contributed by atoms with Gasteiger partial charge in [0.1, 0.15) is 11.5 Å². The number of pyridine rings is 1. The summed E-state index contributed by atoms with van der Waals surface area (Å²) in [5.74, 6) is 5.93. The molecule has 3 aromatic rings. The maximum Gasteiger partial charge on any atom is 0.341 e. The summed E-state index contributed by atoms with van der Waals surface area (Å²) in [6, 6.07) is 13.5. The van der Waals surface area contributed by atoms with Gasteiger partial charge in [0.2, 0.25) is 6.79 Å². The fraction of sp³-hybridized carbons (Fsp3) is 0.500. The highest BCUT2D eigenvalue weighted by Gasteiger charge is 2.61. The lowest BCUT2D eigenvalue weighted by Gasteiger charge is -2.42. The van der Waals surface area contributed by atoms with Crippen molar-refractivity contribution in [1.82, 2.24) is 9.88 Å². The van der Waals surface area contributed by atoms with Crippen LogP contribution in [0.25, 0.3) is 0 Å². The van der Waals surface area contributed by atoms with E-state index in [4.69, 9.17) is 28.4 Å². The smallest absolute Gasteiger partial charge is 0.341 e. The van der Waals surface area contributed by atoms with Gasteiger partial charge in [0.25, 0.3) is 0 Å². The number of methoxy groups -OCH3 is 2. The molecule has 5 atom stereocenters. The fourth-order valence-corrected chi connectivity index (χ4v) is 11.1. The van der Waals surface area contributed by atoms with Crippen molar-refractivity contribution in [2.45, 2.75) is 124 Å². The second-order valence-corrected chi connectivity index (χ2v) is 19.3. The first-order valence-corrected chi connectivity index (χ1v) is 22.2. The van der Waals surface area contributed by atoms with Crippen LogP contribution in [0.1, 0.15) is 117 Å². The molecule has 4 aliphatic heterocycles. The molecule has 1 saturated heterocycles. The zero-order valence-electron chi connectivity index (χ0n) is 36.1. The van der Waals surface area contributed by atoms with Crippen molar-refractivity contribution in [2.24, 2.45) is 0 Å². The Morgan fingerprint density at radius 2 is 1.79 bits per heavy atom. The van der Waals surface area contributed by atoms with Crippen molar-refractivity contribution in [1.29, 1.82) is 0 Å². The molecule has 5 aliphatic rings. The molecule has 2 aromatic carbocycles. The van der Waals surface area contributed by atoms with Crippen LogP contribution < -0.4 is 9.47 Å². The Morgan fingerprint density at radius 3 is 2.52 bits per heavy atom. The molecule has 8 rings (SSSR count). The molecular weight excluding hydrogens is 813 g/mol. The number of aromatic nitrogens is 1. The zero-order chi connectivity index (χ0) is 44.0. The van der Waals surface area contributed by atoms with Crippen LogP contribution in [-0.4, -0.2) is 100 Å². The number of hydrogen-bond acceptors (Lipinski definition) is 14. The molecule has 1 fully saturated rings. The molecular formula is C48H54N2O11S. The lowest BCUT2D eigenvalue weighted by molar-refractivity contribution is -0.179. The number of ether oxygens (including phenoxy) is 6. The van der Waals surface area contributed by atoms with Crippen LogP contribution >= 0.6 is 11.8 Å². The number of aliphatic hydroxyl groups is 2. The molecule has 13 nitrogen and oxygen atoms in total. The van der Waals surface area contributed by atoms with Crippen LogP contribution in [0.4, 0.5) is 0 Å². The van der Waals surface area contributed by atoms with Gasteiger partial charge in [-0.2, -0.15) is 0 Å². The summed E-state index contributed by atoms with van der Waals surface area (Å²) in [4.78, 5) is 48.8. The van der Waals surface area contributed by atoms with Crippen LogP contribution in [-0.2, 0) is 40.4 Å². The molecule has 0 amide bonds. The van der Waals surface area contributed by atoms with Crippen LogP contribution in [0.5, 0.6) is 11.5 Å². The Kier molecular flexibility index (Phi) is 11.9. The third-order valence-electron chi connectivity index (χ3n) is 12.9. The zero-order valence-corrected chi connectivity index (χ0v) is 36.9. The molecule has 2 N–H and O–H groups in total. The normalized spacial score (nSPS) is 24.1. The Bertz CT molecular complexity index is 2340. The largest absolute Gasteiger partial charge is 0.497 e. The average Bonchev–Trinajstić information content (AvgIpc) is 3.94. The average molecular weight is 867 g/mol. The summed E-state index contributed by atoms with van der Waals surface area (Å²) in [6.45, 7) is 8.38. The molecule has 0 saturated carbocycles. The molecule has 1 aliphatic carbocycles. The fourth-order valence-electron chi connectivity index (χ4n) is 9.58. The van der Waals surface area contributed by atoms with Gasteiger partial charge >= 0.3 is 17.9 Å². The standard InChI is InChI=1S/C48H54N2O11S/c1-45(2)18-20-62-38-14-10-29(21-34(38)45)9-12-32-13-11-30(27-49-32)43(52)60-39-23-31-22-35-36(59-28-58-35)24-33(31)41-42(37(56-5)25-47(41)16-8-19-50(39)47)61-44(53)48(55,26-40(51)57-6)17-7-15-46(3,4)54/h10-11,13-14,21-22,24-25,27,39,41-42,54-55H,7-8,15-20,23,26,28H2,1-6H3/t39?,41-,42-,47+,48-/m1/s1. The first kappa shape index (κ1) is 43.6. The monoisotopic (exact) mass is 866 g/mol. The third-order valence-corrected chi connectivity index (χ3v) is 14.0. The second kappa shape index (κ2) is 16.9. The maximum absolute atomic E-state index is 14.2. The lowest BCUT2D eigenvalue weighted by atomic mass is 9.77. The van der Waals surface area contributed by atoms with Crippen molar-refractivity contribution in [2.75, 3.05) is 33.3 Å². The van der Waals surface area contributed by atoms with Crippen molar-refractivity contribution in [3.63, 3.8) is 0 Å². The minimum atomic E-state index is -2.25. The highest BCUT2D eigenvalue weighted by Crippen LogP contribution is 2.57. The van der Waals surface area contributed by atoms with Crippen molar-refractivity contribution in [3.8, 4) is 23.3 Å². The predicted octanol–water partition coefficient (Wildman–Crippen LogP) is 6.33. The number of nitrogens with zero attached hydrogens (tertiary/aromatic N) is 2. The van der Waals surface area contributed by atoms with Gasteiger partial charge in [0.05, 0.1) is 43.3 Å². The Labute approximate surface area is 366 Å². The van der Waals surface area contributed by atoms with E-state index in [1.807, 2.05) is 36.0 Å². The van der Waals surface area contributed by atoms with E-state index in [9.17, 15) is 24.6 Å². The predicted molar refractivity (Wildman–Crippen MR) is 229 cm³/mol. The van der Waals surface area contributed by atoms with Gasteiger partial charge in [-0.25, -0.2) is 14.6 Å². The van der Waals surface area contributed by atoms with Crippen LogP contribution in [0, 0.1) is 11.8 Å². The molecule has 62 heavy (non-hydrogen) atoms. The Hall–Kier alpha value is -5.07. The maximum atomic E-state index is 14.2. The van der Waals surface area contributed by atoms with Gasteiger partial charge in [-0.3, -0.25) is 9.69 Å². The summed E-state index contributed by atoms with van der Waals surface area (Å²) in [6.07, 6.45) is 4.02. The highest BCUT2D eigenvalue weighted by atomic mass is 32.2. The number of esters is 3. The van der Waals surface area contributed by atoms with Gasteiger partial charge < -0.3 is 38.6 Å². The number of hydrogen-bond donors (Lipinski definition) is 2. The number of carbonyl (C=O) groups excluding carboxylic acids is 3. The molecule has 5 heterocycles. The van der Waals surface area contributed by atoms with Crippen molar-refractivity contribution in [3.05, 3.63) is 94.0 Å². The summed E-state index contributed by atoms with van der Waals surface area (Å²) in [5, 5.41) is 22.2.